The molecule has 1 aliphatic carbocycles. The number of amides is 2. The second-order valence-corrected chi connectivity index (χ2v) is 12.6. The highest BCUT2D eigenvalue weighted by atomic mass is 32.2. The lowest BCUT2D eigenvalue weighted by atomic mass is 10.0. The van der Waals surface area contributed by atoms with Crippen LogP contribution in [0.25, 0.3) is 10.9 Å². The van der Waals surface area contributed by atoms with Gasteiger partial charge in [-0.2, -0.15) is 0 Å². The molecule has 0 unspecified atom stereocenters. The van der Waals surface area contributed by atoms with Crippen molar-refractivity contribution in [2.45, 2.75) is 49.2 Å². The molecule has 0 spiro atoms. The van der Waals surface area contributed by atoms with Crippen LogP contribution in [0.4, 0.5) is 11.4 Å². The second-order valence-electron chi connectivity index (χ2n) is 10.4. The van der Waals surface area contributed by atoms with Crippen LogP contribution in [0.15, 0.2) is 41.4 Å². The fraction of sp³-hybridized carbons (Fsp3) is 0.393. The predicted octanol–water partition coefficient (Wildman–Crippen LogP) is 3.50. The fourth-order valence-corrected chi connectivity index (χ4v) is 7.55. The number of benzene rings is 2. The molecule has 2 amide bonds. The average Bonchev–Trinajstić information content (AvgIpc) is 3.64. The number of piperidine rings is 1. The summed E-state index contributed by atoms with van der Waals surface area (Å²) in [6, 6.07) is 9.13. The number of nitrogens with two attached hydrogens (primary N) is 1. The lowest BCUT2D eigenvalue weighted by Gasteiger charge is -2.32. The Hall–Kier alpha value is -3.66. The van der Waals surface area contributed by atoms with Gasteiger partial charge in [0.15, 0.2) is 9.84 Å². The first-order valence-corrected chi connectivity index (χ1v) is 14.6. The number of ether oxygens (including phenoxy) is 1. The zero-order valence-corrected chi connectivity index (χ0v) is 22.0. The van der Waals surface area contributed by atoms with Crippen molar-refractivity contribution in [3.8, 4) is 5.75 Å². The van der Waals surface area contributed by atoms with Gasteiger partial charge in [0, 0.05) is 48.3 Å². The highest BCUT2D eigenvalue weighted by Gasteiger charge is 2.38. The molecule has 2 aliphatic heterocycles. The van der Waals surface area contributed by atoms with Crippen molar-refractivity contribution >= 4 is 43.9 Å². The van der Waals surface area contributed by atoms with Crippen LogP contribution in [-0.4, -0.2) is 55.1 Å². The Morgan fingerprint density at radius 2 is 1.89 bits per heavy atom. The van der Waals surface area contributed by atoms with Gasteiger partial charge in [-0.3, -0.25) is 14.6 Å². The maximum Gasteiger partial charge on any atom is 0.252 e. The Morgan fingerprint density at radius 1 is 1.13 bits per heavy atom. The predicted molar refractivity (Wildman–Crippen MR) is 143 cm³/mol. The first-order chi connectivity index (χ1) is 18.2. The van der Waals surface area contributed by atoms with E-state index in [0.29, 0.717) is 55.5 Å². The van der Waals surface area contributed by atoms with Gasteiger partial charge in [0.2, 0.25) is 5.91 Å². The SMILES string of the molecule is Cc1cc(S(=O)(=O)C2CCN(C(=O)C3CC3)CC2)c2ncc(C(N)=O)c(Nc3cccc4c3CCO4)c2c1. The van der Waals surface area contributed by atoms with Crippen molar-refractivity contribution in [3.05, 3.63) is 53.2 Å². The number of aryl methyl sites for hydroxylation is 1. The van der Waals surface area contributed by atoms with Crippen molar-refractivity contribution in [3.63, 3.8) is 0 Å². The molecule has 1 saturated carbocycles. The maximum absolute atomic E-state index is 13.9. The summed E-state index contributed by atoms with van der Waals surface area (Å²) in [7, 11) is -3.76. The van der Waals surface area contributed by atoms with Crippen molar-refractivity contribution in [1.29, 1.82) is 0 Å². The quantitative estimate of drug-likeness (QED) is 0.495. The highest BCUT2D eigenvalue weighted by molar-refractivity contribution is 7.92. The van der Waals surface area contributed by atoms with E-state index in [2.05, 4.69) is 10.3 Å². The zero-order valence-electron chi connectivity index (χ0n) is 21.2. The molecule has 198 valence electrons. The van der Waals surface area contributed by atoms with Crippen LogP contribution < -0.4 is 15.8 Å². The van der Waals surface area contributed by atoms with E-state index >= 15 is 0 Å². The number of sulfone groups is 1. The average molecular weight is 535 g/mol. The molecule has 3 aliphatic rings. The number of carbonyl (C=O) groups is 2. The van der Waals surface area contributed by atoms with Gasteiger partial charge in [0.25, 0.3) is 5.91 Å². The molecule has 6 rings (SSSR count). The van der Waals surface area contributed by atoms with Crippen LogP contribution in [0.3, 0.4) is 0 Å². The van der Waals surface area contributed by atoms with Crippen LogP contribution >= 0.6 is 0 Å². The monoisotopic (exact) mass is 534 g/mol. The van der Waals surface area contributed by atoms with Crippen molar-refractivity contribution in [2.24, 2.45) is 11.7 Å². The first kappa shape index (κ1) is 24.7. The minimum atomic E-state index is -3.76. The number of hydrogen-bond donors (Lipinski definition) is 2. The number of fused-ring (bicyclic) bond motifs is 2. The molecular weight excluding hydrogens is 504 g/mol. The Morgan fingerprint density at radius 3 is 2.61 bits per heavy atom. The van der Waals surface area contributed by atoms with Crippen LogP contribution in [0.5, 0.6) is 5.75 Å². The van der Waals surface area contributed by atoms with Crippen molar-refractivity contribution in [1.82, 2.24) is 9.88 Å². The summed E-state index contributed by atoms with van der Waals surface area (Å²) in [5, 5.41) is 3.26. The van der Waals surface area contributed by atoms with Gasteiger partial charge in [-0.05, 0) is 62.4 Å². The van der Waals surface area contributed by atoms with E-state index in [1.54, 1.807) is 11.0 Å². The third-order valence-electron chi connectivity index (χ3n) is 7.77. The van der Waals surface area contributed by atoms with Gasteiger partial charge in [-0.25, -0.2) is 8.42 Å². The molecule has 3 aromatic rings. The standard InChI is InChI=1S/C28H30N4O5S/c1-16-13-20-25(31-22-3-2-4-23-19(22)9-12-37-23)21(27(29)33)15-30-26(20)24(14-16)38(35,36)18-7-10-32(11-8-18)28(34)17-5-6-17/h2-4,13-15,17-18H,5-12H2,1H3,(H2,29,33)(H,30,31). The van der Waals surface area contributed by atoms with Gasteiger partial charge >= 0.3 is 0 Å². The number of rotatable bonds is 6. The van der Waals surface area contributed by atoms with Crippen LogP contribution in [0.2, 0.25) is 0 Å². The van der Waals surface area contributed by atoms with Gasteiger partial charge in [0.1, 0.15) is 5.75 Å². The Bertz CT molecular complexity index is 1570. The molecule has 0 atom stereocenters. The molecule has 9 nitrogen and oxygen atoms in total. The fourth-order valence-electron chi connectivity index (χ4n) is 5.57. The van der Waals surface area contributed by atoms with E-state index in [-0.39, 0.29) is 22.3 Å². The summed E-state index contributed by atoms with van der Waals surface area (Å²) >= 11 is 0. The summed E-state index contributed by atoms with van der Waals surface area (Å²) in [6.45, 7) is 3.27. The molecule has 2 fully saturated rings. The molecule has 2 aromatic carbocycles. The summed E-state index contributed by atoms with van der Waals surface area (Å²) in [4.78, 5) is 31.3. The number of nitrogens with one attached hydrogen (secondary N) is 1. The number of likely N-dealkylation sites (tertiary alicyclic amines) is 1. The zero-order chi connectivity index (χ0) is 26.6. The summed E-state index contributed by atoms with van der Waals surface area (Å²) in [5.74, 6) is 0.385. The minimum Gasteiger partial charge on any atom is -0.493 e. The second kappa shape index (κ2) is 9.27. The van der Waals surface area contributed by atoms with Crippen molar-refractivity contribution < 1.29 is 22.7 Å². The van der Waals surface area contributed by atoms with Crippen molar-refractivity contribution in [2.75, 3.05) is 25.0 Å². The third-order valence-corrected chi connectivity index (χ3v) is 10.0. The molecule has 3 N–H and O–H groups in total. The molecule has 1 aromatic heterocycles. The molecule has 1 saturated heterocycles. The summed E-state index contributed by atoms with van der Waals surface area (Å²) in [5.41, 5.74) is 9.10. The van der Waals surface area contributed by atoms with Crippen LogP contribution in [0, 0.1) is 12.8 Å². The topological polar surface area (TPSA) is 132 Å². The van der Waals surface area contributed by atoms with E-state index in [0.717, 1.165) is 35.4 Å². The number of anilines is 2. The number of aromatic nitrogens is 1. The van der Waals surface area contributed by atoms with E-state index in [1.807, 2.05) is 31.2 Å². The molecule has 0 bridgehead atoms. The highest BCUT2D eigenvalue weighted by Crippen LogP contribution is 2.39. The number of carbonyl (C=O) groups excluding carboxylic acids is 2. The minimum absolute atomic E-state index is 0.121. The molecule has 3 heterocycles. The molecular formula is C28H30N4O5S. The smallest absolute Gasteiger partial charge is 0.252 e. The third kappa shape index (κ3) is 4.26. The van der Waals surface area contributed by atoms with Gasteiger partial charge in [0.05, 0.1) is 33.5 Å². The summed E-state index contributed by atoms with van der Waals surface area (Å²) < 4.78 is 33.6. The first-order valence-electron chi connectivity index (χ1n) is 13.0. The van der Waals surface area contributed by atoms with E-state index in [1.165, 1.54) is 6.20 Å². The number of pyridine rings is 1. The molecule has 38 heavy (non-hydrogen) atoms. The lowest BCUT2D eigenvalue weighted by molar-refractivity contribution is -0.133. The molecule has 10 heteroatoms. The normalized spacial score (nSPS) is 17.8. The Labute approximate surface area is 221 Å². The number of primary amides is 1. The Kier molecular flexibility index (Phi) is 6.02. The number of nitrogens with zero attached hydrogens (tertiary/aromatic N) is 2. The Balaban J connectivity index is 1.40. The molecule has 0 radical (unpaired) electrons. The van der Waals surface area contributed by atoms with Crippen LogP contribution in [0.1, 0.15) is 47.2 Å². The number of hydrogen-bond acceptors (Lipinski definition) is 7. The maximum atomic E-state index is 13.9. The lowest BCUT2D eigenvalue weighted by Crippen LogP contribution is -2.43. The largest absolute Gasteiger partial charge is 0.493 e. The van der Waals surface area contributed by atoms with Gasteiger partial charge < -0.3 is 20.7 Å². The van der Waals surface area contributed by atoms with Gasteiger partial charge in [-0.15, -0.1) is 0 Å². The van der Waals surface area contributed by atoms with E-state index in [4.69, 9.17) is 10.5 Å². The van der Waals surface area contributed by atoms with E-state index < -0.39 is 21.0 Å². The van der Waals surface area contributed by atoms with Crippen LogP contribution in [-0.2, 0) is 21.1 Å². The van der Waals surface area contributed by atoms with Gasteiger partial charge in [-0.1, -0.05) is 6.07 Å². The summed E-state index contributed by atoms with van der Waals surface area (Å²) in [6.07, 6.45) is 4.70. The van der Waals surface area contributed by atoms with E-state index in [9.17, 15) is 18.0 Å².